The summed E-state index contributed by atoms with van der Waals surface area (Å²) in [6.45, 7) is 0.0216. The van der Waals surface area contributed by atoms with Gasteiger partial charge in [-0.25, -0.2) is 5.43 Å². The van der Waals surface area contributed by atoms with Crippen molar-refractivity contribution in [1.82, 2.24) is 5.43 Å². The monoisotopic (exact) mass is 358 g/mol. The second kappa shape index (κ2) is 9.07. The summed E-state index contributed by atoms with van der Waals surface area (Å²) >= 11 is 0. The Bertz CT molecular complexity index is 991. The summed E-state index contributed by atoms with van der Waals surface area (Å²) in [7, 11) is 0. The summed E-state index contributed by atoms with van der Waals surface area (Å²) in [4.78, 5) is 11.9. The minimum atomic E-state index is -0.360. The number of benzene rings is 3. The molecule has 0 saturated carbocycles. The number of fused-ring (bicyclic) bond motifs is 1. The Labute approximate surface area is 157 Å². The largest absolute Gasteiger partial charge is 0.484 e. The van der Waals surface area contributed by atoms with Gasteiger partial charge in [0, 0.05) is 5.56 Å². The lowest BCUT2D eigenvalue weighted by Crippen LogP contribution is -2.24. The molecule has 0 atom stereocenters. The van der Waals surface area contributed by atoms with E-state index in [-0.39, 0.29) is 19.1 Å². The maximum atomic E-state index is 11.9. The molecule has 0 aromatic heterocycles. The van der Waals surface area contributed by atoms with Gasteiger partial charge in [0.15, 0.2) is 6.61 Å². The van der Waals surface area contributed by atoms with Crippen LogP contribution < -0.4 is 14.9 Å². The third-order valence-corrected chi connectivity index (χ3v) is 3.74. The molecule has 0 unspecified atom stereocenters. The fourth-order valence-corrected chi connectivity index (χ4v) is 2.52. The van der Waals surface area contributed by atoms with E-state index >= 15 is 0 Å². The lowest BCUT2D eigenvalue weighted by molar-refractivity contribution is -0.123. The number of hydrogen-bond acceptors (Lipinski definition) is 4. The lowest BCUT2D eigenvalue weighted by Gasteiger charge is -2.10. The fraction of sp³-hybridized carbons (Fsp3) is 0.0909. The number of hydrogen-bond donors (Lipinski definition) is 1. The number of amides is 1. The normalized spacial score (nSPS) is 10.5. The zero-order valence-corrected chi connectivity index (χ0v) is 14.6. The molecule has 0 aliphatic carbocycles. The molecule has 134 valence electrons. The number of hydrazone groups is 1. The molecule has 5 nitrogen and oxygen atoms in total. The Morgan fingerprint density at radius 1 is 1.04 bits per heavy atom. The number of nitrogens with one attached hydrogen (secondary N) is 1. The van der Waals surface area contributed by atoms with Crippen LogP contribution in [0.15, 0.2) is 71.8 Å². The lowest BCUT2D eigenvalue weighted by atomic mass is 10.0. The van der Waals surface area contributed by atoms with Crippen LogP contribution in [0, 0.1) is 12.3 Å². The van der Waals surface area contributed by atoms with Crippen molar-refractivity contribution >= 4 is 22.9 Å². The van der Waals surface area contributed by atoms with Crippen LogP contribution in [0.3, 0.4) is 0 Å². The first kappa shape index (κ1) is 18.0. The first-order valence-electron chi connectivity index (χ1n) is 8.35. The molecule has 3 aromatic carbocycles. The maximum Gasteiger partial charge on any atom is 0.277 e. The van der Waals surface area contributed by atoms with E-state index in [2.05, 4.69) is 16.4 Å². The van der Waals surface area contributed by atoms with Gasteiger partial charge < -0.3 is 9.47 Å². The van der Waals surface area contributed by atoms with Gasteiger partial charge in [0.2, 0.25) is 0 Å². The molecule has 5 heteroatoms. The molecule has 0 aliphatic heterocycles. The van der Waals surface area contributed by atoms with E-state index in [1.807, 2.05) is 54.6 Å². The van der Waals surface area contributed by atoms with Crippen molar-refractivity contribution in [3.8, 4) is 23.8 Å². The highest BCUT2D eigenvalue weighted by Crippen LogP contribution is 2.26. The molecule has 0 saturated heterocycles. The van der Waals surface area contributed by atoms with E-state index < -0.39 is 0 Å². The Balaban J connectivity index is 1.70. The molecule has 0 fully saturated rings. The molecule has 0 heterocycles. The van der Waals surface area contributed by atoms with Crippen molar-refractivity contribution in [2.45, 2.75) is 0 Å². The van der Waals surface area contributed by atoms with E-state index in [4.69, 9.17) is 15.9 Å². The van der Waals surface area contributed by atoms with Gasteiger partial charge in [0.25, 0.3) is 5.91 Å². The van der Waals surface area contributed by atoms with E-state index in [0.29, 0.717) is 11.5 Å². The average molecular weight is 358 g/mol. The molecule has 3 rings (SSSR count). The van der Waals surface area contributed by atoms with Gasteiger partial charge in [-0.2, -0.15) is 5.10 Å². The van der Waals surface area contributed by atoms with Crippen LogP contribution >= 0.6 is 0 Å². The van der Waals surface area contributed by atoms with Crippen LogP contribution in [-0.2, 0) is 4.79 Å². The van der Waals surface area contributed by atoms with Gasteiger partial charge in [-0.05, 0) is 29.0 Å². The summed E-state index contributed by atoms with van der Waals surface area (Å²) in [5, 5.41) is 6.02. The van der Waals surface area contributed by atoms with Crippen LogP contribution in [0.4, 0.5) is 0 Å². The van der Waals surface area contributed by atoms with Gasteiger partial charge in [-0.3, -0.25) is 4.79 Å². The van der Waals surface area contributed by atoms with E-state index in [1.165, 1.54) is 0 Å². The Morgan fingerprint density at radius 3 is 2.63 bits per heavy atom. The zero-order valence-electron chi connectivity index (χ0n) is 14.6. The fourth-order valence-electron chi connectivity index (χ4n) is 2.52. The number of para-hydroxylation sites is 1. The first-order valence-corrected chi connectivity index (χ1v) is 8.35. The van der Waals surface area contributed by atoms with Crippen LogP contribution in [-0.4, -0.2) is 25.3 Å². The molecule has 1 N–H and O–H groups in total. The molecule has 3 aromatic rings. The smallest absolute Gasteiger partial charge is 0.277 e. The molecule has 0 radical (unpaired) electrons. The number of nitrogens with zero attached hydrogens (tertiary/aromatic N) is 1. The molecule has 0 aliphatic rings. The maximum absolute atomic E-state index is 11.9. The third kappa shape index (κ3) is 4.86. The average Bonchev–Trinajstić information content (AvgIpc) is 2.72. The summed E-state index contributed by atoms with van der Waals surface area (Å²) in [5.74, 6) is 3.31. The first-order chi connectivity index (χ1) is 13.3. The van der Waals surface area contributed by atoms with Crippen LogP contribution in [0.25, 0.3) is 10.8 Å². The van der Waals surface area contributed by atoms with E-state index in [1.54, 1.807) is 18.3 Å². The van der Waals surface area contributed by atoms with Gasteiger partial charge >= 0.3 is 0 Å². The van der Waals surface area contributed by atoms with Crippen LogP contribution in [0.1, 0.15) is 5.56 Å². The van der Waals surface area contributed by atoms with Gasteiger partial charge in [0.1, 0.15) is 18.1 Å². The minimum absolute atomic E-state index is 0.128. The molecule has 1 amide bonds. The zero-order chi connectivity index (χ0) is 18.9. The highest BCUT2D eigenvalue weighted by Gasteiger charge is 2.07. The van der Waals surface area contributed by atoms with Crippen molar-refractivity contribution in [2.75, 3.05) is 13.2 Å². The molecular formula is C22H18N2O3. The van der Waals surface area contributed by atoms with E-state index in [0.717, 1.165) is 16.3 Å². The number of rotatable bonds is 7. The molecule has 27 heavy (non-hydrogen) atoms. The van der Waals surface area contributed by atoms with Gasteiger partial charge in [0.05, 0.1) is 6.21 Å². The molecular weight excluding hydrogens is 340 g/mol. The van der Waals surface area contributed by atoms with Crippen molar-refractivity contribution in [3.63, 3.8) is 0 Å². The van der Waals surface area contributed by atoms with Gasteiger partial charge in [-0.1, -0.05) is 54.5 Å². The van der Waals surface area contributed by atoms with Crippen molar-refractivity contribution < 1.29 is 14.3 Å². The SMILES string of the molecule is C#CCOc1ccc2ccccc2c1/C=N\NC(=O)COc1ccccc1. The highest BCUT2D eigenvalue weighted by atomic mass is 16.5. The third-order valence-electron chi connectivity index (χ3n) is 3.74. The quantitative estimate of drug-likeness (QED) is 0.400. The summed E-state index contributed by atoms with van der Waals surface area (Å²) in [5.41, 5.74) is 3.20. The predicted molar refractivity (Wildman–Crippen MR) is 106 cm³/mol. The van der Waals surface area contributed by atoms with Crippen molar-refractivity contribution in [1.29, 1.82) is 0 Å². The van der Waals surface area contributed by atoms with Crippen LogP contribution in [0.2, 0.25) is 0 Å². The van der Waals surface area contributed by atoms with Crippen molar-refractivity contribution in [2.24, 2.45) is 5.10 Å². The highest BCUT2D eigenvalue weighted by molar-refractivity contribution is 6.02. The predicted octanol–water partition coefficient (Wildman–Crippen LogP) is 3.38. The summed E-state index contributed by atoms with van der Waals surface area (Å²) in [6.07, 6.45) is 6.83. The second-order valence-corrected chi connectivity index (χ2v) is 5.59. The summed E-state index contributed by atoms with van der Waals surface area (Å²) in [6, 6.07) is 20.7. The topological polar surface area (TPSA) is 59.9 Å². The number of terminal acetylenes is 1. The van der Waals surface area contributed by atoms with E-state index in [9.17, 15) is 4.79 Å². The number of ether oxygens (including phenoxy) is 2. The minimum Gasteiger partial charge on any atom is -0.484 e. The summed E-state index contributed by atoms with van der Waals surface area (Å²) < 4.78 is 11.0. The van der Waals surface area contributed by atoms with Crippen LogP contribution in [0.5, 0.6) is 11.5 Å². The van der Waals surface area contributed by atoms with Gasteiger partial charge in [-0.15, -0.1) is 6.42 Å². The second-order valence-electron chi connectivity index (χ2n) is 5.59. The Hall–Kier alpha value is -3.78. The van der Waals surface area contributed by atoms with Crippen molar-refractivity contribution in [3.05, 3.63) is 72.3 Å². The standard InChI is InChI=1S/C22H18N2O3/c1-2-14-26-21-13-12-17-8-6-7-11-19(17)20(21)15-23-24-22(25)16-27-18-9-4-3-5-10-18/h1,3-13,15H,14,16H2,(H,24,25)/b23-15-. The number of carbonyl (C=O) groups is 1. The molecule has 0 spiro atoms. The Kier molecular flexibility index (Phi) is 6.05. The Morgan fingerprint density at radius 2 is 1.81 bits per heavy atom. The number of carbonyl (C=O) groups excluding carboxylic acids is 1. The molecule has 0 bridgehead atoms.